The minimum Gasteiger partial charge on any atom is -0.317 e. The summed E-state index contributed by atoms with van der Waals surface area (Å²) in [5, 5.41) is 8.55. The monoisotopic (exact) mass is 203 g/mol. The number of guanidine groups is 1. The normalized spacial score (nSPS) is 12.4. The average Bonchev–Trinajstić information content (AvgIpc) is 2.15. The first-order valence-corrected chi connectivity index (χ1v) is 5.18. The Morgan fingerprint density at radius 2 is 1.93 bits per heavy atom. The third-order valence-electron chi connectivity index (χ3n) is 2.11. The molecule has 1 atom stereocenters. The van der Waals surface area contributed by atoms with E-state index in [1.54, 1.807) is 0 Å². The van der Waals surface area contributed by atoms with Crippen molar-refractivity contribution in [2.45, 2.75) is 45.1 Å². The summed E-state index contributed by atoms with van der Waals surface area (Å²) in [6.07, 6.45) is 5.57. The molecule has 0 fully saturated rings. The number of hydrogen-bond acceptors (Lipinski definition) is 2. The second-order valence-electron chi connectivity index (χ2n) is 3.62. The molecule has 0 heterocycles. The van der Waals surface area contributed by atoms with Crippen molar-refractivity contribution in [2.75, 3.05) is 6.54 Å². The van der Waals surface area contributed by atoms with Crippen LogP contribution in [0.5, 0.6) is 0 Å². The maximum Gasteiger partial charge on any atom is 0.338 e. The molecule has 0 aromatic rings. The van der Waals surface area contributed by atoms with E-state index in [2.05, 4.69) is 10.5 Å². The van der Waals surface area contributed by atoms with E-state index in [1.165, 1.54) is 12.8 Å². The van der Waals surface area contributed by atoms with Crippen LogP contribution in [0.25, 0.3) is 0 Å². The van der Waals surface area contributed by atoms with Gasteiger partial charge in [0, 0.05) is 6.04 Å². The smallest absolute Gasteiger partial charge is 0.317 e. The molecule has 84 valence electrons. The van der Waals surface area contributed by atoms with Crippen molar-refractivity contribution in [1.82, 2.24) is 5.48 Å². The minimum absolute atomic E-state index is 0.196. The van der Waals surface area contributed by atoms with Gasteiger partial charge in [0.2, 0.25) is 0 Å². The van der Waals surface area contributed by atoms with Gasteiger partial charge in [0.1, 0.15) is 0 Å². The Hall–Kier alpha value is -0.810. The zero-order valence-corrected chi connectivity index (χ0v) is 8.92. The summed E-state index contributed by atoms with van der Waals surface area (Å²) in [6.45, 7) is 2.81. The van der Waals surface area contributed by atoms with Gasteiger partial charge >= 0.3 is 5.96 Å². The van der Waals surface area contributed by atoms with Gasteiger partial charge in [-0.05, 0) is 19.8 Å². The van der Waals surface area contributed by atoms with Crippen LogP contribution in [-0.2, 0) is 0 Å². The third kappa shape index (κ3) is 9.28. The highest BCUT2D eigenvalue weighted by atomic mass is 16.5. The van der Waals surface area contributed by atoms with Crippen molar-refractivity contribution in [3.63, 3.8) is 0 Å². The summed E-state index contributed by atoms with van der Waals surface area (Å²) < 4.78 is 0. The number of unbranched alkanes of at least 4 members (excludes halogenated alkanes) is 3. The number of hydrogen-bond donors (Lipinski definition) is 5. The topological polar surface area (TPSA) is 98.3 Å². The van der Waals surface area contributed by atoms with Crippen LogP contribution in [0.3, 0.4) is 0 Å². The second-order valence-corrected chi connectivity index (χ2v) is 3.62. The lowest BCUT2D eigenvalue weighted by Gasteiger charge is -2.07. The van der Waals surface area contributed by atoms with Gasteiger partial charge in [-0.2, -0.15) is 0 Å². The van der Waals surface area contributed by atoms with E-state index >= 15 is 0 Å². The highest BCUT2D eigenvalue weighted by molar-refractivity contribution is 5.69. The molecular formula is C9H23N4O+. The Labute approximate surface area is 85.5 Å². The van der Waals surface area contributed by atoms with Crippen LogP contribution in [0, 0.1) is 0 Å². The molecule has 0 saturated heterocycles. The Morgan fingerprint density at radius 1 is 1.29 bits per heavy atom. The highest BCUT2D eigenvalue weighted by Crippen LogP contribution is 2.04. The lowest BCUT2D eigenvalue weighted by Crippen LogP contribution is -2.78. The van der Waals surface area contributed by atoms with Gasteiger partial charge in [0.05, 0.1) is 6.54 Å². The fraction of sp³-hybridized carbons (Fsp3) is 0.889. The third-order valence-corrected chi connectivity index (χ3v) is 2.11. The van der Waals surface area contributed by atoms with Gasteiger partial charge < -0.3 is 5.21 Å². The van der Waals surface area contributed by atoms with Gasteiger partial charge in [-0.25, -0.2) is 5.48 Å². The van der Waals surface area contributed by atoms with E-state index in [0.29, 0.717) is 5.96 Å². The number of rotatable bonds is 8. The summed E-state index contributed by atoms with van der Waals surface area (Å²) >= 11 is 0. The van der Waals surface area contributed by atoms with Crippen LogP contribution in [0.4, 0.5) is 0 Å². The van der Waals surface area contributed by atoms with Gasteiger partial charge in [-0.3, -0.25) is 16.5 Å². The van der Waals surface area contributed by atoms with Gasteiger partial charge in [0.15, 0.2) is 0 Å². The average molecular weight is 203 g/mol. The van der Waals surface area contributed by atoms with E-state index in [9.17, 15) is 0 Å². The molecule has 0 aliphatic rings. The molecule has 0 rings (SSSR count). The molecule has 14 heavy (non-hydrogen) atoms. The molecule has 5 nitrogen and oxygen atoms in total. The minimum atomic E-state index is 0.196. The number of nitrogens with one attached hydrogen (secondary N) is 2. The van der Waals surface area contributed by atoms with Crippen molar-refractivity contribution in [3.05, 3.63) is 0 Å². The summed E-state index contributed by atoms with van der Waals surface area (Å²) in [4.78, 5) is 2.88. The van der Waals surface area contributed by atoms with E-state index < -0.39 is 0 Å². The Balaban J connectivity index is 3.10. The first-order valence-electron chi connectivity index (χ1n) is 5.18. The predicted molar refractivity (Wildman–Crippen MR) is 56.7 cm³/mol. The first kappa shape index (κ1) is 13.2. The van der Waals surface area contributed by atoms with Crippen molar-refractivity contribution >= 4 is 5.96 Å². The predicted octanol–water partition coefficient (Wildman–Crippen LogP) is -1.34. The summed E-state index contributed by atoms with van der Waals surface area (Å²) in [7, 11) is 0. The summed E-state index contributed by atoms with van der Waals surface area (Å²) in [6, 6.07) is 0.196. The molecule has 0 aliphatic heterocycles. The second kappa shape index (κ2) is 8.77. The number of nitrogens with two attached hydrogens (primary N) is 2. The fourth-order valence-corrected chi connectivity index (χ4v) is 1.23. The molecule has 0 aromatic heterocycles. The zero-order chi connectivity index (χ0) is 10.8. The van der Waals surface area contributed by atoms with Crippen molar-refractivity contribution in [3.8, 4) is 0 Å². The Bertz CT molecular complexity index is 157. The van der Waals surface area contributed by atoms with Crippen LogP contribution in [-0.4, -0.2) is 23.8 Å². The van der Waals surface area contributed by atoms with Crippen molar-refractivity contribution in [2.24, 2.45) is 11.5 Å². The lowest BCUT2D eigenvalue weighted by molar-refractivity contribution is -0.459. The van der Waals surface area contributed by atoms with Crippen LogP contribution in [0.15, 0.2) is 0 Å². The standard InChI is InChI=1S/C9H22N4O/c1-8(13-14)6-4-2-3-5-7-12-9(10)11/h8,13-14H,2-7H2,1H3,(H4,10,11,12)/p+1. The van der Waals surface area contributed by atoms with Crippen LogP contribution in [0.2, 0.25) is 0 Å². The first-order chi connectivity index (χ1) is 6.66. The zero-order valence-electron chi connectivity index (χ0n) is 8.92. The summed E-state index contributed by atoms with van der Waals surface area (Å²) in [5.74, 6) is 0.295. The quantitative estimate of drug-likeness (QED) is 0.146. The number of hydroxylamine groups is 1. The molecule has 0 saturated carbocycles. The SMILES string of the molecule is CC(CCCCCC[NH+]=C(N)N)NO. The molecule has 0 amide bonds. The van der Waals surface area contributed by atoms with E-state index in [0.717, 1.165) is 25.8 Å². The Morgan fingerprint density at radius 3 is 2.50 bits per heavy atom. The van der Waals surface area contributed by atoms with Crippen molar-refractivity contribution in [1.29, 1.82) is 0 Å². The van der Waals surface area contributed by atoms with Gasteiger partial charge in [-0.1, -0.05) is 19.3 Å². The highest BCUT2D eigenvalue weighted by Gasteiger charge is 1.98. The van der Waals surface area contributed by atoms with Crippen LogP contribution in [0.1, 0.15) is 39.0 Å². The molecule has 5 heteroatoms. The Kier molecular flexibility index (Phi) is 8.27. The van der Waals surface area contributed by atoms with Crippen molar-refractivity contribution < 1.29 is 10.2 Å². The van der Waals surface area contributed by atoms with Crippen LogP contribution < -0.4 is 21.9 Å². The molecule has 1 unspecified atom stereocenters. The molecule has 0 aliphatic carbocycles. The maximum atomic E-state index is 8.55. The molecule has 0 aromatic carbocycles. The molecule has 0 spiro atoms. The maximum absolute atomic E-state index is 8.55. The van der Waals surface area contributed by atoms with Crippen LogP contribution >= 0.6 is 0 Å². The molecule has 0 radical (unpaired) electrons. The van der Waals surface area contributed by atoms with Gasteiger partial charge in [-0.15, -0.1) is 0 Å². The fourth-order valence-electron chi connectivity index (χ4n) is 1.23. The summed E-state index contributed by atoms with van der Waals surface area (Å²) in [5.41, 5.74) is 12.7. The largest absolute Gasteiger partial charge is 0.338 e. The van der Waals surface area contributed by atoms with Gasteiger partial charge in [0.25, 0.3) is 0 Å². The lowest BCUT2D eigenvalue weighted by atomic mass is 10.1. The molecular weight excluding hydrogens is 180 g/mol. The van der Waals surface area contributed by atoms with E-state index in [1.807, 2.05) is 6.92 Å². The van der Waals surface area contributed by atoms with E-state index in [4.69, 9.17) is 16.7 Å². The molecule has 0 bridgehead atoms. The van der Waals surface area contributed by atoms with E-state index in [-0.39, 0.29) is 6.04 Å². The molecule has 7 N–H and O–H groups in total.